The zero-order chi connectivity index (χ0) is 9.14. The fourth-order valence-electron chi connectivity index (χ4n) is 1.36. The Kier molecular flexibility index (Phi) is 3.15. The highest BCUT2D eigenvalue weighted by atomic mass is 35.5. The van der Waals surface area contributed by atoms with Gasteiger partial charge in [-0.25, -0.2) is 4.98 Å². The molecule has 0 saturated heterocycles. The van der Waals surface area contributed by atoms with Crippen LogP contribution in [0.1, 0.15) is 38.9 Å². The molecule has 0 fully saturated rings. The van der Waals surface area contributed by atoms with Gasteiger partial charge in [-0.1, -0.05) is 13.3 Å². The first-order chi connectivity index (χ1) is 5.66. The average Bonchev–Trinajstić information content (AvgIpc) is 2.32. The first kappa shape index (κ1) is 9.59. The zero-order valence-corrected chi connectivity index (χ0v) is 8.60. The van der Waals surface area contributed by atoms with Crippen LogP contribution in [0.25, 0.3) is 0 Å². The number of aromatic nitrogens is 2. The number of halogens is 1. The van der Waals surface area contributed by atoms with Crippen LogP contribution < -0.4 is 0 Å². The molecule has 0 saturated carbocycles. The molecule has 0 radical (unpaired) electrons. The van der Waals surface area contributed by atoms with Crippen molar-refractivity contribution in [1.29, 1.82) is 0 Å². The summed E-state index contributed by atoms with van der Waals surface area (Å²) in [6.07, 6.45) is 4.05. The second-order valence-corrected chi connectivity index (χ2v) is 3.57. The van der Waals surface area contributed by atoms with Gasteiger partial charge in [-0.3, -0.25) is 0 Å². The lowest BCUT2D eigenvalue weighted by Crippen LogP contribution is -2.05. The van der Waals surface area contributed by atoms with E-state index < -0.39 is 0 Å². The van der Waals surface area contributed by atoms with Crippen molar-refractivity contribution in [2.75, 3.05) is 0 Å². The molecule has 1 heterocycles. The van der Waals surface area contributed by atoms with E-state index in [0.717, 1.165) is 12.8 Å². The SMILES string of the molecule is CCCc1cnc(Cl)n1C(C)C. The zero-order valence-electron chi connectivity index (χ0n) is 7.84. The van der Waals surface area contributed by atoms with Crippen LogP contribution in [0.5, 0.6) is 0 Å². The van der Waals surface area contributed by atoms with Crippen LogP contribution in [-0.2, 0) is 6.42 Å². The van der Waals surface area contributed by atoms with E-state index in [1.165, 1.54) is 5.69 Å². The number of rotatable bonds is 3. The Labute approximate surface area is 78.6 Å². The summed E-state index contributed by atoms with van der Waals surface area (Å²) in [6.45, 7) is 6.39. The Hall–Kier alpha value is -0.500. The van der Waals surface area contributed by atoms with Gasteiger partial charge in [-0.05, 0) is 31.9 Å². The predicted molar refractivity (Wildman–Crippen MR) is 51.6 cm³/mol. The fourth-order valence-corrected chi connectivity index (χ4v) is 1.71. The van der Waals surface area contributed by atoms with Gasteiger partial charge in [0.05, 0.1) is 0 Å². The molecular formula is C9H15ClN2. The predicted octanol–water partition coefficient (Wildman–Crippen LogP) is 3.07. The molecule has 0 amide bonds. The van der Waals surface area contributed by atoms with E-state index in [-0.39, 0.29) is 0 Å². The molecule has 12 heavy (non-hydrogen) atoms. The minimum absolute atomic E-state index is 0.404. The molecule has 0 bridgehead atoms. The van der Waals surface area contributed by atoms with Crippen molar-refractivity contribution >= 4 is 11.6 Å². The van der Waals surface area contributed by atoms with Crippen molar-refractivity contribution in [3.63, 3.8) is 0 Å². The molecule has 3 heteroatoms. The lowest BCUT2D eigenvalue weighted by Gasteiger charge is -2.11. The summed E-state index contributed by atoms with van der Waals surface area (Å²) >= 11 is 5.93. The fraction of sp³-hybridized carbons (Fsp3) is 0.667. The van der Waals surface area contributed by atoms with E-state index in [9.17, 15) is 0 Å². The molecule has 0 aliphatic heterocycles. The number of nitrogens with zero attached hydrogens (tertiary/aromatic N) is 2. The molecule has 0 aliphatic rings. The van der Waals surface area contributed by atoms with Crippen molar-refractivity contribution in [2.24, 2.45) is 0 Å². The molecule has 0 aromatic carbocycles. The molecule has 0 N–H and O–H groups in total. The molecule has 2 nitrogen and oxygen atoms in total. The van der Waals surface area contributed by atoms with Gasteiger partial charge in [0.1, 0.15) is 0 Å². The third-order valence-corrected chi connectivity index (χ3v) is 2.13. The van der Waals surface area contributed by atoms with Crippen molar-refractivity contribution < 1.29 is 0 Å². The molecule has 0 aliphatic carbocycles. The summed E-state index contributed by atoms with van der Waals surface area (Å²) in [5, 5.41) is 0.605. The van der Waals surface area contributed by atoms with Crippen LogP contribution in [0.2, 0.25) is 5.28 Å². The molecule has 1 aromatic rings. The van der Waals surface area contributed by atoms with Crippen molar-refractivity contribution in [2.45, 2.75) is 39.7 Å². The number of aryl methyl sites for hydroxylation is 1. The molecule has 0 atom stereocenters. The van der Waals surface area contributed by atoms with E-state index in [1.54, 1.807) is 0 Å². The highest BCUT2D eigenvalue weighted by Crippen LogP contribution is 2.18. The van der Waals surface area contributed by atoms with Gasteiger partial charge < -0.3 is 4.57 Å². The molecule has 0 unspecified atom stereocenters. The second kappa shape index (κ2) is 3.94. The van der Waals surface area contributed by atoms with Crippen LogP contribution >= 0.6 is 11.6 Å². The normalized spacial score (nSPS) is 11.1. The highest BCUT2D eigenvalue weighted by molar-refractivity contribution is 6.28. The second-order valence-electron chi connectivity index (χ2n) is 3.23. The molecule has 1 aromatic heterocycles. The van der Waals surface area contributed by atoms with Gasteiger partial charge in [0.2, 0.25) is 5.28 Å². The summed E-state index contributed by atoms with van der Waals surface area (Å²) in [4.78, 5) is 4.08. The first-order valence-corrected chi connectivity index (χ1v) is 4.76. The summed E-state index contributed by atoms with van der Waals surface area (Å²) in [5.74, 6) is 0. The van der Waals surface area contributed by atoms with Gasteiger partial charge in [0.15, 0.2) is 0 Å². The Morgan fingerprint density at radius 3 is 2.75 bits per heavy atom. The Morgan fingerprint density at radius 1 is 1.58 bits per heavy atom. The topological polar surface area (TPSA) is 17.8 Å². The van der Waals surface area contributed by atoms with Crippen LogP contribution in [0.15, 0.2) is 6.20 Å². The largest absolute Gasteiger partial charge is 0.316 e. The van der Waals surface area contributed by atoms with Crippen LogP contribution in [0, 0.1) is 0 Å². The average molecular weight is 187 g/mol. The standard InChI is InChI=1S/C9H15ClN2/c1-4-5-8-6-11-9(10)12(8)7(2)3/h6-7H,4-5H2,1-3H3. The smallest absolute Gasteiger partial charge is 0.203 e. The number of hydrogen-bond acceptors (Lipinski definition) is 1. The van der Waals surface area contributed by atoms with Crippen molar-refractivity contribution in [3.8, 4) is 0 Å². The summed E-state index contributed by atoms with van der Waals surface area (Å²) < 4.78 is 2.07. The molecule has 0 spiro atoms. The van der Waals surface area contributed by atoms with Crippen LogP contribution in [0.3, 0.4) is 0 Å². The van der Waals surface area contributed by atoms with E-state index >= 15 is 0 Å². The monoisotopic (exact) mass is 186 g/mol. The van der Waals surface area contributed by atoms with E-state index in [4.69, 9.17) is 11.6 Å². The molecule has 68 valence electrons. The van der Waals surface area contributed by atoms with Crippen molar-refractivity contribution in [1.82, 2.24) is 9.55 Å². The Bertz CT molecular complexity index is 253. The number of hydrogen-bond donors (Lipinski definition) is 0. The van der Waals surface area contributed by atoms with Gasteiger partial charge in [-0.15, -0.1) is 0 Å². The van der Waals surface area contributed by atoms with E-state index in [0.29, 0.717) is 11.3 Å². The Balaban J connectivity index is 2.95. The van der Waals surface area contributed by atoms with E-state index in [1.807, 2.05) is 6.20 Å². The third-order valence-electron chi connectivity index (χ3n) is 1.85. The van der Waals surface area contributed by atoms with Gasteiger partial charge in [0, 0.05) is 17.9 Å². The summed E-state index contributed by atoms with van der Waals surface area (Å²) in [5.41, 5.74) is 1.23. The molecule has 1 rings (SSSR count). The lowest BCUT2D eigenvalue weighted by atomic mass is 10.2. The van der Waals surface area contributed by atoms with E-state index in [2.05, 4.69) is 30.3 Å². The minimum Gasteiger partial charge on any atom is -0.316 e. The first-order valence-electron chi connectivity index (χ1n) is 4.38. The van der Waals surface area contributed by atoms with Gasteiger partial charge >= 0.3 is 0 Å². The highest BCUT2D eigenvalue weighted by Gasteiger charge is 2.09. The molecular weight excluding hydrogens is 172 g/mol. The summed E-state index contributed by atoms with van der Waals surface area (Å²) in [6, 6.07) is 0.404. The van der Waals surface area contributed by atoms with Crippen LogP contribution in [-0.4, -0.2) is 9.55 Å². The maximum Gasteiger partial charge on any atom is 0.203 e. The third kappa shape index (κ3) is 1.81. The van der Waals surface area contributed by atoms with Gasteiger partial charge in [0.25, 0.3) is 0 Å². The van der Waals surface area contributed by atoms with Crippen LogP contribution in [0.4, 0.5) is 0 Å². The van der Waals surface area contributed by atoms with Crippen molar-refractivity contribution in [3.05, 3.63) is 17.2 Å². The quantitative estimate of drug-likeness (QED) is 0.710. The van der Waals surface area contributed by atoms with Gasteiger partial charge in [-0.2, -0.15) is 0 Å². The summed E-state index contributed by atoms with van der Waals surface area (Å²) in [7, 11) is 0. The minimum atomic E-state index is 0.404. The number of imidazole rings is 1. The lowest BCUT2D eigenvalue weighted by molar-refractivity contribution is 0.571. The maximum atomic E-state index is 5.93. The maximum absolute atomic E-state index is 5.93. The Morgan fingerprint density at radius 2 is 2.25 bits per heavy atom.